The summed E-state index contributed by atoms with van der Waals surface area (Å²) in [6.45, 7) is 1.67. The summed E-state index contributed by atoms with van der Waals surface area (Å²) < 4.78 is 5.98. The number of hydrogen-bond acceptors (Lipinski definition) is 7. The Balaban J connectivity index is 1.53. The van der Waals surface area contributed by atoms with Crippen LogP contribution >= 0.6 is 11.3 Å². The average molecular weight is 434 g/mol. The van der Waals surface area contributed by atoms with Gasteiger partial charge in [-0.05, 0) is 36.8 Å². The van der Waals surface area contributed by atoms with E-state index < -0.39 is 11.9 Å². The normalized spacial score (nSPS) is 10.7. The zero-order valence-corrected chi connectivity index (χ0v) is 17.4. The van der Waals surface area contributed by atoms with Gasteiger partial charge in [0.05, 0.1) is 17.6 Å². The van der Waals surface area contributed by atoms with Gasteiger partial charge in [0.2, 0.25) is 5.91 Å². The van der Waals surface area contributed by atoms with E-state index in [1.54, 1.807) is 31.2 Å². The highest BCUT2D eigenvalue weighted by Gasteiger charge is 2.14. The van der Waals surface area contributed by atoms with E-state index in [1.165, 1.54) is 17.4 Å². The lowest BCUT2D eigenvalue weighted by molar-refractivity contribution is -0.117. The van der Waals surface area contributed by atoms with Gasteiger partial charge in [0.1, 0.15) is 6.54 Å². The van der Waals surface area contributed by atoms with Crippen LogP contribution in [0.2, 0.25) is 0 Å². The van der Waals surface area contributed by atoms with Crippen molar-refractivity contribution in [2.24, 2.45) is 0 Å². The number of carbonyl (C=O) groups excluding carboxylic acids is 2. The van der Waals surface area contributed by atoms with Crippen molar-refractivity contribution in [3.63, 3.8) is 0 Å². The van der Waals surface area contributed by atoms with Gasteiger partial charge in [-0.1, -0.05) is 41.6 Å². The molecule has 0 unspecified atom stereocenters. The number of thiophene rings is 1. The number of esters is 1. The predicted molar refractivity (Wildman–Crippen MR) is 118 cm³/mol. The van der Waals surface area contributed by atoms with Crippen LogP contribution in [0.1, 0.15) is 17.3 Å². The van der Waals surface area contributed by atoms with Gasteiger partial charge in [0.25, 0.3) is 5.56 Å². The molecule has 31 heavy (non-hydrogen) atoms. The van der Waals surface area contributed by atoms with Crippen LogP contribution < -0.4 is 10.9 Å². The lowest BCUT2D eigenvalue weighted by Crippen LogP contribution is -2.30. The van der Waals surface area contributed by atoms with Crippen LogP contribution in [0.3, 0.4) is 0 Å². The van der Waals surface area contributed by atoms with E-state index in [4.69, 9.17) is 4.74 Å². The predicted octanol–water partition coefficient (Wildman–Crippen LogP) is 3.34. The molecule has 1 amide bonds. The maximum atomic E-state index is 12.8. The van der Waals surface area contributed by atoms with Crippen LogP contribution in [0.4, 0.5) is 5.69 Å². The second-order valence-electron chi connectivity index (χ2n) is 6.60. The maximum Gasteiger partial charge on any atom is 0.338 e. The number of rotatable bonds is 6. The molecular weight excluding hydrogens is 416 g/mol. The first-order valence-electron chi connectivity index (χ1n) is 9.55. The fourth-order valence-corrected chi connectivity index (χ4v) is 3.98. The number of nitrogens with one attached hydrogen (secondary N) is 1. The fraction of sp³-hybridized carbons (Fsp3) is 0.136. The summed E-state index contributed by atoms with van der Waals surface area (Å²) in [6, 6.07) is 17.8. The van der Waals surface area contributed by atoms with Gasteiger partial charge >= 0.3 is 5.97 Å². The summed E-state index contributed by atoms with van der Waals surface area (Å²) in [5, 5.41) is 11.1. The first-order chi connectivity index (χ1) is 15.0. The summed E-state index contributed by atoms with van der Waals surface area (Å²) in [6.07, 6.45) is 0. The zero-order valence-electron chi connectivity index (χ0n) is 16.6. The standard InChI is InChI=1S/C22H18N4O4S/c1-2-30-22(29)15-9-6-10-16(11-15)23-19(27)13-26-21(28)17-12-18(31-20(17)24-25-26)14-7-4-3-5-8-14/h3-12H,2,13H2,1H3,(H,23,27). The molecule has 2 heterocycles. The van der Waals surface area contributed by atoms with E-state index in [0.29, 0.717) is 21.5 Å². The summed E-state index contributed by atoms with van der Waals surface area (Å²) in [5.41, 5.74) is 1.33. The number of benzene rings is 2. The Kier molecular flexibility index (Phi) is 5.85. The van der Waals surface area contributed by atoms with Gasteiger partial charge < -0.3 is 10.1 Å². The lowest BCUT2D eigenvalue weighted by atomic mass is 10.2. The number of fused-ring (bicyclic) bond motifs is 1. The highest BCUT2D eigenvalue weighted by molar-refractivity contribution is 7.21. The second kappa shape index (κ2) is 8.88. The summed E-state index contributed by atoms with van der Waals surface area (Å²) in [4.78, 5) is 38.5. The summed E-state index contributed by atoms with van der Waals surface area (Å²) in [5.74, 6) is -0.937. The monoisotopic (exact) mass is 434 g/mol. The molecule has 8 nitrogen and oxygen atoms in total. The molecule has 0 bridgehead atoms. The molecule has 0 aliphatic carbocycles. The summed E-state index contributed by atoms with van der Waals surface area (Å²) in [7, 11) is 0. The third kappa shape index (κ3) is 4.51. The van der Waals surface area contributed by atoms with Crippen molar-refractivity contribution in [1.82, 2.24) is 15.0 Å². The van der Waals surface area contributed by atoms with E-state index in [0.717, 1.165) is 15.1 Å². The molecule has 0 aliphatic rings. The van der Waals surface area contributed by atoms with Crippen LogP contribution in [0, 0.1) is 0 Å². The van der Waals surface area contributed by atoms with E-state index in [1.807, 2.05) is 30.3 Å². The highest BCUT2D eigenvalue weighted by Crippen LogP contribution is 2.30. The molecule has 4 rings (SSSR count). The Hall–Kier alpha value is -3.85. The van der Waals surface area contributed by atoms with Gasteiger partial charge in [-0.15, -0.1) is 16.4 Å². The van der Waals surface area contributed by atoms with Gasteiger partial charge in [-0.2, -0.15) is 0 Å². The van der Waals surface area contributed by atoms with Crippen LogP contribution in [-0.2, 0) is 16.1 Å². The molecule has 4 aromatic rings. The van der Waals surface area contributed by atoms with E-state index in [2.05, 4.69) is 15.6 Å². The molecule has 0 radical (unpaired) electrons. The topological polar surface area (TPSA) is 103 Å². The molecule has 156 valence electrons. The minimum absolute atomic E-state index is 0.258. The van der Waals surface area contributed by atoms with E-state index >= 15 is 0 Å². The van der Waals surface area contributed by atoms with Crippen molar-refractivity contribution in [3.8, 4) is 10.4 Å². The van der Waals surface area contributed by atoms with E-state index in [9.17, 15) is 14.4 Å². The average Bonchev–Trinajstić information content (AvgIpc) is 3.22. The molecule has 2 aromatic heterocycles. The zero-order chi connectivity index (χ0) is 21.8. The Morgan fingerprint density at radius 2 is 1.90 bits per heavy atom. The Morgan fingerprint density at radius 1 is 1.10 bits per heavy atom. The Morgan fingerprint density at radius 3 is 2.68 bits per heavy atom. The minimum atomic E-state index is -0.474. The van der Waals surface area contributed by atoms with Gasteiger partial charge in [-0.25, -0.2) is 9.48 Å². The number of nitrogens with zero attached hydrogens (tertiary/aromatic N) is 3. The number of amides is 1. The van der Waals surface area contributed by atoms with Crippen molar-refractivity contribution < 1.29 is 14.3 Å². The Labute approximate surface area is 181 Å². The summed E-state index contributed by atoms with van der Waals surface area (Å²) >= 11 is 1.37. The first-order valence-corrected chi connectivity index (χ1v) is 10.4. The van der Waals surface area contributed by atoms with Gasteiger partial charge in [0, 0.05) is 10.6 Å². The van der Waals surface area contributed by atoms with Crippen molar-refractivity contribution in [3.05, 3.63) is 76.6 Å². The molecular formula is C22H18N4O4S. The number of carbonyl (C=O) groups is 2. The SMILES string of the molecule is CCOC(=O)c1cccc(NC(=O)Cn2nnc3sc(-c4ccccc4)cc3c2=O)c1. The van der Waals surface area contributed by atoms with Crippen molar-refractivity contribution in [2.45, 2.75) is 13.5 Å². The third-order valence-electron chi connectivity index (χ3n) is 4.43. The van der Waals surface area contributed by atoms with Crippen LogP contribution in [0.5, 0.6) is 0 Å². The van der Waals surface area contributed by atoms with Crippen LogP contribution in [0.15, 0.2) is 65.5 Å². The third-order valence-corrected chi connectivity index (χ3v) is 5.50. The molecule has 0 fully saturated rings. The van der Waals surface area contributed by atoms with Crippen LogP contribution in [-0.4, -0.2) is 33.5 Å². The molecule has 2 aromatic carbocycles. The fourth-order valence-electron chi connectivity index (χ4n) is 3.01. The van der Waals surface area contributed by atoms with Crippen molar-refractivity contribution >= 4 is 39.1 Å². The smallest absolute Gasteiger partial charge is 0.338 e. The molecule has 1 N–H and O–H groups in total. The lowest BCUT2D eigenvalue weighted by Gasteiger charge is -2.08. The number of anilines is 1. The molecule has 0 atom stereocenters. The number of aromatic nitrogens is 3. The molecule has 0 saturated carbocycles. The number of ether oxygens (including phenoxy) is 1. The van der Waals surface area contributed by atoms with Crippen molar-refractivity contribution in [1.29, 1.82) is 0 Å². The largest absolute Gasteiger partial charge is 0.462 e. The first kappa shape index (κ1) is 20.4. The minimum Gasteiger partial charge on any atom is -0.462 e. The molecule has 9 heteroatoms. The second-order valence-corrected chi connectivity index (χ2v) is 7.63. The maximum absolute atomic E-state index is 12.8. The molecule has 0 saturated heterocycles. The van der Waals surface area contributed by atoms with Gasteiger partial charge in [-0.3, -0.25) is 9.59 Å². The quantitative estimate of drug-likeness (QED) is 0.467. The Bertz CT molecular complexity index is 1310. The van der Waals surface area contributed by atoms with Crippen molar-refractivity contribution in [2.75, 3.05) is 11.9 Å². The van der Waals surface area contributed by atoms with Crippen LogP contribution in [0.25, 0.3) is 20.7 Å². The molecule has 0 spiro atoms. The van der Waals surface area contributed by atoms with Gasteiger partial charge in [0.15, 0.2) is 4.83 Å². The molecule has 0 aliphatic heterocycles. The number of hydrogen-bond donors (Lipinski definition) is 1. The highest BCUT2D eigenvalue weighted by atomic mass is 32.1. The van der Waals surface area contributed by atoms with E-state index in [-0.39, 0.29) is 18.7 Å².